The first-order valence-electron chi connectivity index (χ1n) is 5.14. The van der Waals surface area contributed by atoms with Gasteiger partial charge in [-0.2, -0.15) is 13.2 Å². The Labute approximate surface area is 101 Å². The second kappa shape index (κ2) is 4.67. The number of aryl methyl sites for hydroxylation is 1. The van der Waals surface area contributed by atoms with Gasteiger partial charge in [-0.25, -0.2) is 4.98 Å². The van der Waals surface area contributed by atoms with Crippen molar-refractivity contribution in [1.29, 1.82) is 0 Å². The molecule has 0 fully saturated rings. The topological polar surface area (TPSA) is 51.0 Å². The van der Waals surface area contributed by atoms with Crippen molar-refractivity contribution in [2.24, 2.45) is 0 Å². The molecule has 2 rings (SSSR count). The second-order valence-electron chi connectivity index (χ2n) is 3.71. The maximum atomic E-state index is 12.5. The normalized spacial score (nSPS) is 11.6. The van der Waals surface area contributed by atoms with Gasteiger partial charge in [0.05, 0.1) is 12.1 Å². The van der Waals surface area contributed by atoms with Gasteiger partial charge < -0.3 is 9.84 Å². The van der Waals surface area contributed by atoms with E-state index in [1.165, 1.54) is 0 Å². The summed E-state index contributed by atoms with van der Waals surface area (Å²) in [7, 11) is 0. The number of nitrogens with one attached hydrogen (secondary N) is 1. The van der Waals surface area contributed by atoms with Crippen molar-refractivity contribution in [2.45, 2.75) is 19.6 Å². The van der Waals surface area contributed by atoms with E-state index in [9.17, 15) is 13.2 Å². The molecular formula is C11H10F3N3O. The summed E-state index contributed by atoms with van der Waals surface area (Å²) < 4.78 is 42.2. The summed E-state index contributed by atoms with van der Waals surface area (Å²) in [5.74, 6) is 0.786. The maximum Gasteiger partial charge on any atom is 0.416 e. The van der Waals surface area contributed by atoms with Crippen LogP contribution in [0.1, 0.15) is 17.0 Å². The van der Waals surface area contributed by atoms with Crippen LogP contribution in [0.15, 0.2) is 28.9 Å². The Morgan fingerprint density at radius 3 is 2.72 bits per heavy atom. The number of rotatable bonds is 3. The van der Waals surface area contributed by atoms with E-state index in [1.54, 1.807) is 13.0 Å². The molecule has 0 aliphatic carbocycles. The van der Waals surface area contributed by atoms with Crippen molar-refractivity contribution < 1.29 is 17.7 Å². The van der Waals surface area contributed by atoms with Crippen molar-refractivity contribution in [3.05, 3.63) is 41.4 Å². The van der Waals surface area contributed by atoms with E-state index in [-0.39, 0.29) is 12.4 Å². The van der Waals surface area contributed by atoms with Gasteiger partial charge in [0, 0.05) is 12.3 Å². The van der Waals surface area contributed by atoms with E-state index in [0.717, 1.165) is 18.3 Å². The van der Waals surface area contributed by atoms with Crippen LogP contribution in [0, 0.1) is 6.92 Å². The molecule has 18 heavy (non-hydrogen) atoms. The fraction of sp³-hybridized carbons (Fsp3) is 0.273. The SMILES string of the molecule is Cc1cc(CNc2cc(C(F)(F)F)ccn2)no1. The predicted molar refractivity (Wildman–Crippen MR) is 57.8 cm³/mol. The lowest BCUT2D eigenvalue weighted by Gasteiger charge is -2.08. The predicted octanol–water partition coefficient (Wildman–Crippen LogP) is 3.01. The van der Waals surface area contributed by atoms with E-state index in [4.69, 9.17) is 4.52 Å². The van der Waals surface area contributed by atoms with Crippen molar-refractivity contribution in [3.63, 3.8) is 0 Å². The average molecular weight is 257 g/mol. The minimum atomic E-state index is -4.37. The van der Waals surface area contributed by atoms with Gasteiger partial charge in [0.1, 0.15) is 17.3 Å². The lowest BCUT2D eigenvalue weighted by molar-refractivity contribution is -0.137. The highest BCUT2D eigenvalue weighted by atomic mass is 19.4. The minimum absolute atomic E-state index is 0.144. The number of aromatic nitrogens is 2. The monoisotopic (exact) mass is 257 g/mol. The summed E-state index contributed by atoms with van der Waals surface area (Å²) >= 11 is 0. The molecule has 4 nitrogen and oxygen atoms in total. The van der Waals surface area contributed by atoms with E-state index >= 15 is 0 Å². The van der Waals surface area contributed by atoms with Gasteiger partial charge >= 0.3 is 6.18 Å². The first-order valence-corrected chi connectivity index (χ1v) is 5.14. The Balaban J connectivity index is 2.06. The Kier molecular flexibility index (Phi) is 3.22. The number of halogens is 3. The largest absolute Gasteiger partial charge is 0.416 e. The number of anilines is 1. The van der Waals surface area contributed by atoms with Crippen LogP contribution in [-0.2, 0) is 12.7 Å². The molecule has 2 aromatic rings. The van der Waals surface area contributed by atoms with Crippen LogP contribution in [0.2, 0.25) is 0 Å². The lowest BCUT2D eigenvalue weighted by atomic mass is 10.2. The molecule has 2 heterocycles. The number of pyridine rings is 1. The third kappa shape index (κ3) is 2.99. The highest BCUT2D eigenvalue weighted by Crippen LogP contribution is 2.29. The molecule has 7 heteroatoms. The Morgan fingerprint density at radius 1 is 1.33 bits per heavy atom. The minimum Gasteiger partial charge on any atom is -0.364 e. The fourth-order valence-electron chi connectivity index (χ4n) is 1.39. The van der Waals surface area contributed by atoms with Crippen LogP contribution in [0.4, 0.5) is 19.0 Å². The molecule has 1 N–H and O–H groups in total. The number of nitrogens with zero attached hydrogens (tertiary/aromatic N) is 2. The molecule has 0 spiro atoms. The molecule has 0 aliphatic rings. The highest BCUT2D eigenvalue weighted by molar-refractivity contribution is 5.38. The summed E-state index contributed by atoms with van der Waals surface area (Å²) in [6.45, 7) is 1.99. The van der Waals surface area contributed by atoms with Gasteiger partial charge in [-0.3, -0.25) is 0 Å². The molecule has 0 atom stereocenters. The maximum absolute atomic E-state index is 12.5. The van der Waals surface area contributed by atoms with Crippen LogP contribution in [0.5, 0.6) is 0 Å². The Morgan fingerprint density at radius 2 is 2.11 bits per heavy atom. The molecule has 0 saturated carbocycles. The second-order valence-corrected chi connectivity index (χ2v) is 3.71. The van der Waals surface area contributed by atoms with Crippen LogP contribution in [-0.4, -0.2) is 10.1 Å². The van der Waals surface area contributed by atoms with Crippen molar-refractivity contribution in [1.82, 2.24) is 10.1 Å². The fourth-order valence-corrected chi connectivity index (χ4v) is 1.39. The van der Waals surface area contributed by atoms with Gasteiger partial charge in [-0.1, -0.05) is 5.16 Å². The molecular weight excluding hydrogens is 247 g/mol. The van der Waals surface area contributed by atoms with Crippen molar-refractivity contribution in [3.8, 4) is 0 Å². The summed E-state index contributed by atoms with van der Waals surface area (Å²) in [6, 6.07) is 3.57. The van der Waals surface area contributed by atoms with Gasteiger partial charge in [-0.05, 0) is 19.1 Å². The number of alkyl halides is 3. The van der Waals surface area contributed by atoms with E-state index in [0.29, 0.717) is 11.5 Å². The third-order valence-corrected chi connectivity index (χ3v) is 2.21. The Bertz CT molecular complexity index is 536. The van der Waals surface area contributed by atoms with Crippen molar-refractivity contribution >= 4 is 5.82 Å². The molecule has 0 saturated heterocycles. The third-order valence-electron chi connectivity index (χ3n) is 2.21. The smallest absolute Gasteiger partial charge is 0.364 e. The number of hydrogen-bond donors (Lipinski definition) is 1. The van der Waals surface area contributed by atoms with Crippen LogP contribution in [0.25, 0.3) is 0 Å². The zero-order valence-electron chi connectivity index (χ0n) is 9.45. The van der Waals surface area contributed by atoms with E-state index < -0.39 is 11.7 Å². The highest BCUT2D eigenvalue weighted by Gasteiger charge is 2.30. The zero-order valence-corrected chi connectivity index (χ0v) is 9.45. The molecule has 0 aromatic carbocycles. The molecule has 0 amide bonds. The molecule has 2 aromatic heterocycles. The first kappa shape index (κ1) is 12.4. The summed E-state index contributed by atoms with van der Waals surface area (Å²) in [6.07, 6.45) is -3.26. The molecule has 0 unspecified atom stereocenters. The van der Waals surface area contributed by atoms with Gasteiger partial charge in [-0.15, -0.1) is 0 Å². The summed E-state index contributed by atoms with van der Waals surface area (Å²) in [5, 5.41) is 6.47. The summed E-state index contributed by atoms with van der Waals surface area (Å²) in [4.78, 5) is 3.81. The van der Waals surface area contributed by atoms with E-state index in [2.05, 4.69) is 15.5 Å². The van der Waals surface area contributed by atoms with E-state index in [1.807, 2.05) is 0 Å². The quantitative estimate of drug-likeness (QED) is 0.918. The summed E-state index contributed by atoms with van der Waals surface area (Å²) in [5.41, 5.74) is -0.136. The number of hydrogen-bond acceptors (Lipinski definition) is 4. The van der Waals surface area contributed by atoms with Crippen LogP contribution in [0.3, 0.4) is 0 Å². The zero-order chi connectivity index (χ0) is 13.2. The first-order chi connectivity index (χ1) is 8.45. The van der Waals surface area contributed by atoms with Gasteiger partial charge in [0.2, 0.25) is 0 Å². The van der Waals surface area contributed by atoms with Crippen LogP contribution < -0.4 is 5.32 Å². The van der Waals surface area contributed by atoms with Gasteiger partial charge in [0.15, 0.2) is 0 Å². The molecule has 0 aliphatic heterocycles. The average Bonchev–Trinajstić information content (AvgIpc) is 2.72. The van der Waals surface area contributed by atoms with Crippen molar-refractivity contribution in [2.75, 3.05) is 5.32 Å². The Hall–Kier alpha value is -2.05. The standard InChI is InChI=1S/C11H10F3N3O/c1-7-4-9(17-18-7)6-16-10-5-8(2-3-15-10)11(12,13)14/h2-5H,6H2,1H3,(H,15,16). The van der Waals surface area contributed by atoms with Crippen LogP contribution >= 0.6 is 0 Å². The lowest BCUT2D eigenvalue weighted by Crippen LogP contribution is -2.07. The molecule has 0 bridgehead atoms. The molecule has 96 valence electrons. The molecule has 0 radical (unpaired) electrons. The van der Waals surface area contributed by atoms with Gasteiger partial charge in [0.25, 0.3) is 0 Å².